The number of benzene rings is 1. The average molecular weight is 395 g/mol. The number of imidazole rings is 1. The third-order valence-corrected chi connectivity index (χ3v) is 4.32. The van der Waals surface area contributed by atoms with E-state index in [1.54, 1.807) is 0 Å². The highest BCUT2D eigenvalue weighted by Gasteiger charge is 2.44. The van der Waals surface area contributed by atoms with E-state index in [9.17, 15) is 24.1 Å². The maximum absolute atomic E-state index is 13.4. The van der Waals surface area contributed by atoms with E-state index in [2.05, 4.69) is 15.0 Å². The maximum atomic E-state index is 13.4. The summed E-state index contributed by atoms with van der Waals surface area (Å²) in [4.78, 5) is 12.1. The van der Waals surface area contributed by atoms with Crippen LogP contribution in [-0.4, -0.2) is 59.8 Å². The smallest absolute Gasteiger partial charge is 0.326 e. The molecule has 28 heavy (non-hydrogen) atoms. The second kappa shape index (κ2) is 6.91. The number of aromatic nitrogens is 4. The van der Waals surface area contributed by atoms with E-state index in [1.165, 1.54) is 17.0 Å². The van der Waals surface area contributed by atoms with E-state index in [4.69, 9.17) is 15.2 Å². The Bertz CT molecular complexity index is 1030. The van der Waals surface area contributed by atoms with Crippen molar-refractivity contribution >= 4 is 17.0 Å². The number of halogens is 2. The molecule has 3 heterocycles. The largest absolute Gasteiger partial charge is 0.424 e. The highest BCUT2D eigenvalue weighted by Crippen LogP contribution is 2.33. The maximum Gasteiger partial charge on any atom is 0.326 e. The van der Waals surface area contributed by atoms with Crippen molar-refractivity contribution in [3.05, 3.63) is 36.2 Å². The molecule has 0 aliphatic carbocycles. The number of nitrogen functional groups attached to an aromatic ring is 1. The Kier molecular flexibility index (Phi) is 4.55. The highest BCUT2D eigenvalue weighted by molar-refractivity contribution is 5.82. The molecule has 1 aromatic carbocycles. The molecule has 4 rings (SSSR count). The third-order valence-electron chi connectivity index (χ3n) is 4.32. The zero-order chi connectivity index (χ0) is 20.0. The fourth-order valence-electron chi connectivity index (χ4n) is 2.91. The van der Waals surface area contributed by atoms with E-state index >= 15 is 0 Å². The predicted octanol–water partition coefficient (Wildman–Crippen LogP) is 0.0905. The summed E-state index contributed by atoms with van der Waals surface area (Å²) in [7, 11) is 0. The number of fused-ring (bicyclic) bond motifs is 1. The predicted molar refractivity (Wildman–Crippen MR) is 89.2 cm³/mol. The van der Waals surface area contributed by atoms with Crippen LogP contribution in [0.4, 0.5) is 14.6 Å². The number of anilines is 1. The van der Waals surface area contributed by atoms with Gasteiger partial charge < -0.3 is 30.5 Å². The van der Waals surface area contributed by atoms with Gasteiger partial charge in [0.15, 0.2) is 34.8 Å². The highest BCUT2D eigenvalue weighted by atomic mass is 19.2. The first kappa shape index (κ1) is 18.4. The fraction of sp³-hybridized carbons (Fsp3) is 0.312. The summed E-state index contributed by atoms with van der Waals surface area (Å²) in [5.74, 6) is -2.27. The molecule has 0 radical (unpaired) electrons. The van der Waals surface area contributed by atoms with Crippen LogP contribution in [0.2, 0.25) is 0 Å². The first-order valence-corrected chi connectivity index (χ1v) is 8.14. The summed E-state index contributed by atoms with van der Waals surface area (Å²) < 4.78 is 38.5. The molecule has 0 unspecified atom stereocenters. The summed E-state index contributed by atoms with van der Waals surface area (Å²) in [5, 5.41) is 29.4. The average Bonchev–Trinajstić information content (AvgIpc) is 3.20. The zero-order valence-electron chi connectivity index (χ0n) is 14.1. The molecule has 10 nitrogen and oxygen atoms in total. The molecule has 0 amide bonds. The van der Waals surface area contributed by atoms with Crippen molar-refractivity contribution in [1.29, 1.82) is 0 Å². The second-order valence-electron chi connectivity index (χ2n) is 6.12. The van der Waals surface area contributed by atoms with Gasteiger partial charge in [-0.25, -0.2) is 13.8 Å². The second-order valence-corrected chi connectivity index (χ2v) is 6.12. The van der Waals surface area contributed by atoms with Gasteiger partial charge in [0.2, 0.25) is 0 Å². The van der Waals surface area contributed by atoms with Crippen molar-refractivity contribution in [3.8, 4) is 11.8 Å². The number of rotatable bonds is 4. The molecule has 1 fully saturated rings. The number of nitrogens with two attached hydrogens (primary N) is 1. The summed E-state index contributed by atoms with van der Waals surface area (Å²) in [6.45, 7) is -0.497. The molecule has 0 spiro atoms. The Hall–Kier alpha value is -2.93. The Morgan fingerprint density at radius 3 is 2.64 bits per heavy atom. The van der Waals surface area contributed by atoms with Gasteiger partial charge in [-0.1, -0.05) is 0 Å². The molecule has 148 valence electrons. The summed E-state index contributed by atoms with van der Waals surface area (Å²) >= 11 is 0. The molecule has 3 aromatic rings. The lowest BCUT2D eigenvalue weighted by Crippen LogP contribution is -2.33. The minimum atomic E-state index is -1.36. The van der Waals surface area contributed by atoms with Gasteiger partial charge in [-0.3, -0.25) is 4.57 Å². The van der Waals surface area contributed by atoms with Gasteiger partial charge in [-0.05, 0) is 12.1 Å². The molecule has 0 saturated carbocycles. The Morgan fingerprint density at radius 2 is 1.96 bits per heavy atom. The number of hydrogen-bond acceptors (Lipinski definition) is 9. The van der Waals surface area contributed by atoms with Crippen LogP contribution >= 0.6 is 0 Å². The van der Waals surface area contributed by atoms with E-state index in [1.807, 2.05) is 0 Å². The third kappa shape index (κ3) is 3.01. The monoisotopic (exact) mass is 395 g/mol. The van der Waals surface area contributed by atoms with Crippen LogP contribution in [0, 0.1) is 11.6 Å². The van der Waals surface area contributed by atoms with E-state index in [-0.39, 0.29) is 28.7 Å². The van der Waals surface area contributed by atoms with E-state index < -0.39 is 42.8 Å². The molecule has 1 saturated heterocycles. The van der Waals surface area contributed by atoms with Gasteiger partial charge in [-0.2, -0.15) is 9.97 Å². The molecular formula is C16H15F2N5O5. The van der Waals surface area contributed by atoms with Crippen LogP contribution in [0.15, 0.2) is 24.5 Å². The molecule has 12 heteroatoms. The zero-order valence-corrected chi connectivity index (χ0v) is 14.1. The lowest BCUT2D eigenvalue weighted by atomic mass is 10.1. The van der Waals surface area contributed by atoms with Crippen molar-refractivity contribution in [2.45, 2.75) is 24.5 Å². The lowest BCUT2D eigenvalue weighted by molar-refractivity contribution is -0.0511. The number of ether oxygens (including phenoxy) is 2. The molecule has 5 N–H and O–H groups in total. The van der Waals surface area contributed by atoms with Gasteiger partial charge in [0, 0.05) is 6.07 Å². The molecule has 1 aliphatic heterocycles. The molecule has 1 aliphatic rings. The Balaban J connectivity index is 1.71. The van der Waals surface area contributed by atoms with E-state index in [0.29, 0.717) is 0 Å². The molecule has 2 aromatic heterocycles. The normalized spacial score (nSPS) is 24.8. The Morgan fingerprint density at radius 1 is 1.18 bits per heavy atom. The first-order chi connectivity index (χ1) is 13.4. The van der Waals surface area contributed by atoms with Gasteiger partial charge in [0.05, 0.1) is 12.9 Å². The number of aliphatic hydroxyl groups excluding tert-OH is 3. The summed E-state index contributed by atoms with van der Waals surface area (Å²) in [6, 6.07) is 2.62. The first-order valence-electron chi connectivity index (χ1n) is 8.14. The van der Waals surface area contributed by atoms with Crippen molar-refractivity contribution in [3.63, 3.8) is 0 Å². The quantitative estimate of drug-likeness (QED) is 0.482. The van der Waals surface area contributed by atoms with Gasteiger partial charge in [0.1, 0.15) is 24.1 Å². The van der Waals surface area contributed by atoms with E-state index in [0.717, 1.165) is 12.1 Å². The van der Waals surface area contributed by atoms with Gasteiger partial charge in [0.25, 0.3) is 0 Å². The summed E-state index contributed by atoms with van der Waals surface area (Å²) in [6.07, 6.45) is -3.49. The van der Waals surface area contributed by atoms with Crippen LogP contribution in [-0.2, 0) is 4.74 Å². The van der Waals surface area contributed by atoms with Crippen molar-refractivity contribution < 1.29 is 33.6 Å². The van der Waals surface area contributed by atoms with Crippen molar-refractivity contribution in [2.24, 2.45) is 0 Å². The van der Waals surface area contributed by atoms with Crippen LogP contribution in [0.25, 0.3) is 11.2 Å². The number of hydrogen-bond donors (Lipinski definition) is 4. The summed E-state index contributed by atoms with van der Waals surface area (Å²) in [5.41, 5.74) is 6.15. The van der Waals surface area contributed by atoms with Crippen LogP contribution in [0.5, 0.6) is 11.8 Å². The standard InChI is InChI=1S/C16H15F2N5O5/c17-7-2-1-6(3-8(7)18)27-16-21-13(19)10-14(22-16)23(5-20-10)15-12(26)11(25)9(4-24)28-15/h1-3,5,9,11-12,15,24-26H,4H2,(H2,19,21,22)/t9-,11-,12-,15-/m1/s1. The van der Waals surface area contributed by atoms with Crippen LogP contribution < -0.4 is 10.5 Å². The molecular weight excluding hydrogens is 380 g/mol. The lowest BCUT2D eigenvalue weighted by Gasteiger charge is -2.16. The van der Waals surface area contributed by atoms with Crippen LogP contribution in [0.1, 0.15) is 6.23 Å². The van der Waals surface area contributed by atoms with Crippen molar-refractivity contribution in [2.75, 3.05) is 12.3 Å². The molecule has 0 bridgehead atoms. The Labute approximate surface area is 155 Å². The van der Waals surface area contributed by atoms with Crippen LogP contribution in [0.3, 0.4) is 0 Å². The van der Waals surface area contributed by atoms with Gasteiger partial charge in [-0.15, -0.1) is 0 Å². The number of nitrogens with zero attached hydrogens (tertiary/aromatic N) is 4. The number of aliphatic hydroxyl groups is 3. The minimum Gasteiger partial charge on any atom is -0.424 e. The molecule has 4 atom stereocenters. The van der Waals surface area contributed by atoms with Crippen molar-refractivity contribution in [1.82, 2.24) is 19.5 Å². The fourth-order valence-corrected chi connectivity index (χ4v) is 2.91. The SMILES string of the molecule is Nc1nc(Oc2ccc(F)c(F)c2)nc2c1ncn2[C@@H]1O[C@H](CO)[C@@H](O)[C@H]1O. The topological polar surface area (TPSA) is 149 Å². The van der Waals surface area contributed by atoms with Gasteiger partial charge >= 0.3 is 6.01 Å². The minimum absolute atomic E-state index is 0.0587.